The fraction of sp³-hybridized carbons (Fsp3) is 0.370. The molecule has 1 fully saturated rings. The van der Waals surface area contributed by atoms with Crippen LogP contribution in [0.25, 0.3) is 10.8 Å². The third-order valence-electron chi connectivity index (χ3n) is 6.02. The van der Waals surface area contributed by atoms with Crippen LogP contribution in [0.4, 0.5) is 0 Å². The topological polar surface area (TPSA) is 49.8 Å². The maximum absolute atomic E-state index is 12.8. The van der Waals surface area contributed by atoms with Crippen LogP contribution in [0, 0.1) is 0 Å². The van der Waals surface area contributed by atoms with Crippen molar-refractivity contribution in [2.45, 2.75) is 38.2 Å². The largest absolute Gasteiger partial charge is 0.491 e. The highest BCUT2D eigenvalue weighted by atomic mass is 16.5. The van der Waals surface area contributed by atoms with Gasteiger partial charge in [-0.25, -0.2) is 0 Å². The summed E-state index contributed by atoms with van der Waals surface area (Å²) in [4.78, 5) is 15.1. The van der Waals surface area contributed by atoms with Gasteiger partial charge in [-0.2, -0.15) is 0 Å². The van der Waals surface area contributed by atoms with Crippen molar-refractivity contribution in [2.24, 2.45) is 0 Å². The van der Waals surface area contributed by atoms with Crippen molar-refractivity contribution in [3.8, 4) is 5.75 Å². The number of carbonyl (C=O) groups excluding carboxylic acids is 1. The molecule has 0 unspecified atom stereocenters. The number of likely N-dealkylation sites (tertiary alicyclic amines) is 1. The number of ketones is 1. The number of piperidine rings is 1. The molecule has 1 saturated heterocycles. The molecule has 3 aromatic rings. The predicted molar refractivity (Wildman–Crippen MR) is 125 cm³/mol. The molecule has 4 nitrogen and oxygen atoms in total. The molecule has 1 heterocycles. The van der Waals surface area contributed by atoms with E-state index >= 15 is 0 Å². The number of Topliss-reactive ketones (excluding diaryl/α,β-unsaturated/α-hetero) is 1. The zero-order valence-electron chi connectivity index (χ0n) is 18.0. The van der Waals surface area contributed by atoms with Gasteiger partial charge in [-0.3, -0.25) is 4.79 Å². The Bertz CT molecular complexity index is 1000. The molecule has 0 aliphatic carbocycles. The minimum Gasteiger partial charge on any atom is -0.491 e. The summed E-state index contributed by atoms with van der Waals surface area (Å²) in [7, 11) is 0. The van der Waals surface area contributed by atoms with E-state index in [9.17, 15) is 9.90 Å². The Morgan fingerprint density at radius 2 is 1.74 bits per heavy atom. The molecule has 1 atom stereocenters. The first-order chi connectivity index (χ1) is 15.2. The van der Waals surface area contributed by atoms with Gasteiger partial charge in [0.1, 0.15) is 18.5 Å². The molecule has 0 amide bonds. The Morgan fingerprint density at radius 3 is 2.61 bits per heavy atom. The van der Waals surface area contributed by atoms with Gasteiger partial charge < -0.3 is 14.7 Å². The maximum atomic E-state index is 12.8. The number of β-amino-alcohol motifs (C(OH)–C–C–N with tert-alkyl or cyclic N) is 1. The van der Waals surface area contributed by atoms with E-state index in [0.717, 1.165) is 13.1 Å². The van der Waals surface area contributed by atoms with Crippen LogP contribution in [-0.2, 0) is 6.42 Å². The lowest BCUT2D eigenvalue weighted by atomic mass is 9.98. The van der Waals surface area contributed by atoms with Gasteiger partial charge in [0, 0.05) is 18.5 Å². The second kappa shape index (κ2) is 10.6. The molecule has 0 bridgehead atoms. The van der Waals surface area contributed by atoms with Gasteiger partial charge >= 0.3 is 0 Å². The molecule has 31 heavy (non-hydrogen) atoms. The van der Waals surface area contributed by atoms with Crippen LogP contribution in [0.2, 0.25) is 0 Å². The molecule has 0 spiro atoms. The molecule has 1 aliphatic rings. The monoisotopic (exact) mass is 417 g/mol. The summed E-state index contributed by atoms with van der Waals surface area (Å²) in [6.07, 6.45) is 4.33. The molecular weight excluding hydrogens is 386 g/mol. The summed E-state index contributed by atoms with van der Waals surface area (Å²) in [5.74, 6) is 0.737. The summed E-state index contributed by atoms with van der Waals surface area (Å²) >= 11 is 0. The minimum atomic E-state index is -0.524. The van der Waals surface area contributed by atoms with E-state index in [0.29, 0.717) is 30.7 Å². The fourth-order valence-corrected chi connectivity index (χ4v) is 4.35. The number of ether oxygens (including phenoxy) is 1. The van der Waals surface area contributed by atoms with E-state index in [1.165, 1.54) is 35.6 Å². The third-order valence-corrected chi connectivity index (χ3v) is 6.02. The molecule has 4 heteroatoms. The summed E-state index contributed by atoms with van der Waals surface area (Å²) < 4.78 is 5.79. The lowest BCUT2D eigenvalue weighted by Crippen LogP contribution is -2.38. The van der Waals surface area contributed by atoms with Gasteiger partial charge in [0.25, 0.3) is 0 Å². The summed E-state index contributed by atoms with van der Waals surface area (Å²) in [6.45, 7) is 2.99. The van der Waals surface area contributed by atoms with E-state index < -0.39 is 6.10 Å². The van der Waals surface area contributed by atoms with Crippen LogP contribution in [0.5, 0.6) is 5.75 Å². The van der Waals surface area contributed by atoms with Crippen LogP contribution < -0.4 is 4.74 Å². The molecule has 0 radical (unpaired) electrons. The number of hydrogen-bond acceptors (Lipinski definition) is 4. The Labute approximate surface area is 184 Å². The minimum absolute atomic E-state index is 0.104. The second-order valence-corrected chi connectivity index (χ2v) is 8.42. The van der Waals surface area contributed by atoms with E-state index in [2.05, 4.69) is 29.2 Å². The van der Waals surface area contributed by atoms with E-state index in [4.69, 9.17) is 4.74 Å². The van der Waals surface area contributed by atoms with Crippen LogP contribution in [0.3, 0.4) is 0 Å². The van der Waals surface area contributed by atoms with E-state index in [1.54, 1.807) is 6.07 Å². The van der Waals surface area contributed by atoms with E-state index in [-0.39, 0.29) is 12.4 Å². The summed E-state index contributed by atoms with van der Waals surface area (Å²) in [6, 6.07) is 21.8. The highest BCUT2D eigenvalue weighted by Crippen LogP contribution is 2.21. The molecule has 3 aromatic carbocycles. The smallest absolute Gasteiger partial charge is 0.163 e. The van der Waals surface area contributed by atoms with Gasteiger partial charge in [0.05, 0.1) is 0 Å². The number of aliphatic hydroxyl groups excluding tert-OH is 1. The summed E-state index contributed by atoms with van der Waals surface area (Å²) in [5, 5.41) is 12.7. The first kappa shape index (κ1) is 21.5. The van der Waals surface area contributed by atoms with Crippen molar-refractivity contribution in [2.75, 3.05) is 26.2 Å². The molecule has 4 rings (SSSR count). The van der Waals surface area contributed by atoms with Gasteiger partial charge in [-0.1, -0.05) is 61.0 Å². The van der Waals surface area contributed by atoms with Gasteiger partial charge in [0.15, 0.2) is 5.78 Å². The van der Waals surface area contributed by atoms with Crippen LogP contribution in [-0.4, -0.2) is 48.1 Å². The number of fused-ring (bicyclic) bond motifs is 1. The Kier molecular flexibility index (Phi) is 7.34. The van der Waals surface area contributed by atoms with Gasteiger partial charge in [-0.15, -0.1) is 0 Å². The van der Waals surface area contributed by atoms with Crippen molar-refractivity contribution in [1.82, 2.24) is 4.90 Å². The lowest BCUT2D eigenvalue weighted by Gasteiger charge is -2.28. The third kappa shape index (κ3) is 5.93. The lowest BCUT2D eigenvalue weighted by molar-refractivity contribution is 0.0617. The first-order valence-electron chi connectivity index (χ1n) is 11.3. The van der Waals surface area contributed by atoms with Crippen LogP contribution >= 0.6 is 0 Å². The zero-order valence-corrected chi connectivity index (χ0v) is 18.0. The molecule has 0 saturated carbocycles. The van der Waals surface area contributed by atoms with Crippen molar-refractivity contribution >= 4 is 16.6 Å². The van der Waals surface area contributed by atoms with Crippen molar-refractivity contribution in [1.29, 1.82) is 0 Å². The average Bonchev–Trinajstić information content (AvgIpc) is 2.82. The Hall–Kier alpha value is -2.69. The van der Waals surface area contributed by atoms with Crippen molar-refractivity contribution in [3.63, 3.8) is 0 Å². The van der Waals surface area contributed by atoms with Gasteiger partial charge in [-0.05, 0) is 60.8 Å². The fourth-order valence-electron chi connectivity index (χ4n) is 4.35. The molecule has 0 aromatic heterocycles. The van der Waals surface area contributed by atoms with Crippen LogP contribution in [0.15, 0.2) is 66.7 Å². The highest BCUT2D eigenvalue weighted by molar-refractivity contribution is 5.97. The number of aryl methyl sites for hydroxylation is 1. The SMILES string of the molecule is O=C(CCc1cccc2ccccc12)c1cccc(OC[C@H](O)CN2CCCCC2)c1. The molecule has 1 N–H and O–H groups in total. The average molecular weight is 418 g/mol. The number of rotatable bonds is 9. The number of benzene rings is 3. The second-order valence-electron chi connectivity index (χ2n) is 8.42. The van der Waals surface area contributed by atoms with Gasteiger partial charge in [0.2, 0.25) is 0 Å². The molecule has 1 aliphatic heterocycles. The highest BCUT2D eigenvalue weighted by Gasteiger charge is 2.15. The summed E-state index contributed by atoms with van der Waals surface area (Å²) in [5.41, 5.74) is 1.85. The number of nitrogens with zero attached hydrogens (tertiary/aromatic N) is 1. The molecule has 162 valence electrons. The number of hydrogen-bond donors (Lipinski definition) is 1. The Morgan fingerprint density at radius 1 is 0.968 bits per heavy atom. The van der Waals surface area contributed by atoms with Crippen molar-refractivity contribution < 1.29 is 14.6 Å². The normalized spacial score (nSPS) is 15.6. The maximum Gasteiger partial charge on any atom is 0.163 e. The van der Waals surface area contributed by atoms with Crippen LogP contribution in [0.1, 0.15) is 41.6 Å². The predicted octanol–water partition coefficient (Wildman–Crippen LogP) is 4.88. The first-order valence-corrected chi connectivity index (χ1v) is 11.3. The zero-order chi connectivity index (χ0) is 21.5. The molecular formula is C27H31NO3. The number of carbonyl (C=O) groups is 1. The number of aliphatic hydroxyl groups is 1. The Balaban J connectivity index is 1.31. The van der Waals surface area contributed by atoms with E-state index in [1.807, 2.05) is 36.4 Å². The quantitative estimate of drug-likeness (QED) is 0.504. The standard InChI is InChI=1S/C27H31NO3/c29-24(19-28-16-4-1-5-17-28)20-31-25-12-7-11-23(18-25)27(30)15-14-22-10-6-9-21-8-2-3-13-26(21)22/h2-3,6-13,18,24,29H,1,4-5,14-17,19-20H2/t24-/m1/s1. The van der Waals surface area contributed by atoms with Crippen molar-refractivity contribution in [3.05, 3.63) is 77.9 Å².